The van der Waals surface area contributed by atoms with Crippen LogP contribution in [0.2, 0.25) is 0 Å². The summed E-state index contributed by atoms with van der Waals surface area (Å²) in [6, 6.07) is 8.50. The Hall–Kier alpha value is -1.35. The smallest absolute Gasteiger partial charge is 0.0706 e. The average molecular weight is 259 g/mol. The van der Waals surface area contributed by atoms with E-state index in [9.17, 15) is 0 Å². The van der Waals surface area contributed by atoms with Gasteiger partial charge in [0.25, 0.3) is 0 Å². The minimum absolute atomic E-state index is 0.671. The molecule has 0 saturated carbocycles. The first-order valence-electron chi connectivity index (χ1n) is 7.37. The van der Waals surface area contributed by atoms with E-state index in [1.54, 1.807) is 0 Å². The van der Waals surface area contributed by atoms with Gasteiger partial charge in [-0.2, -0.15) is 5.10 Å². The molecule has 1 atom stereocenters. The van der Waals surface area contributed by atoms with Gasteiger partial charge in [-0.3, -0.25) is 4.68 Å². The molecule has 0 saturated heterocycles. The molecule has 19 heavy (non-hydrogen) atoms. The molecule has 3 nitrogen and oxygen atoms in total. The number of hydrogen-bond acceptors (Lipinski definition) is 2. The predicted molar refractivity (Wildman–Crippen MR) is 81.4 cm³/mol. The topological polar surface area (TPSA) is 29.9 Å². The summed E-state index contributed by atoms with van der Waals surface area (Å²) in [4.78, 5) is 0. The monoisotopic (exact) mass is 259 g/mol. The maximum absolute atomic E-state index is 4.69. The lowest BCUT2D eigenvalue weighted by Gasteiger charge is -2.14. The summed E-state index contributed by atoms with van der Waals surface area (Å²) in [7, 11) is 2.03. The summed E-state index contributed by atoms with van der Waals surface area (Å²) in [6.07, 6.45) is 3.46. The highest BCUT2D eigenvalue weighted by Gasteiger charge is 2.13. The molecule has 0 spiro atoms. The van der Waals surface area contributed by atoms with Gasteiger partial charge in [-0.25, -0.2) is 0 Å². The molecule has 0 bridgehead atoms. The first kappa shape index (κ1) is 14.1. The zero-order valence-corrected chi connectivity index (χ0v) is 12.3. The number of benzene rings is 1. The van der Waals surface area contributed by atoms with Crippen LogP contribution in [-0.2, 0) is 13.5 Å². The summed E-state index contributed by atoms with van der Waals surface area (Å²) in [6.45, 7) is 6.68. The van der Waals surface area contributed by atoms with Crippen LogP contribution in [0.4, 0.5) is 0 Å². The zero-order chi connectivity index (χ0) is 13.7. The summed E-state index contributed by atoms with van der Waals surface area (Å²) in [5.74, 6) is 0.671. The Labute approximate surface area is 116 Å². The van der Waals surface area contributed by atoms with Crippen LogP contribution in [0.1, 0.15) is 32.4 Å². The summed E-state index contributed by atoms with van der Waals surface area (Å²) >= 11 is 0. The van der Waals surface area contributed by atoms with Crippen LogP contribution < -0.4 is 5.32 Å². The standard InChI is InChI=1S/C16H25N3/c1-4-10-17-12-13(5-2)11-15-14-8-6-7-9-16(14)19(3)18-15/h6-9,13,17H,4-5,10-12H2,1-3H3. The first-order chi connectivity index (χ1) is 9.26. The molecular formula is C16H25N3. The molecular weight excluding hydrogens is 234 g/mol. The number of nitrogens with zero attached hydrogens (tertiary/aromatic N) is 2. The van der Waals surface area contributed by atoms with Gasteiger partial charge < -0.3 is 5.32 Å². The van der Waals surface area contributed by atoms with E-state index in [1.165, 1.54) is 29.4 Å². The number of rotatable bonds is 7. The van der Waals surface area contributed by atoms with E-state index in [0.717, 1.165) is 19.5 Å². The SMILES string of the molecule is CCCNCC(CC)Cc1nn(C)c2ccccc12. The molecule has 1 unspecified atom stereocenters. The lowest BCUT2D eigenvalue weighted by Crippen LogP contribution is -2.24. The van der Waals surface area contributed by atoms with Crippen molar-refractivity contribution in [2.45, 2.75) is 33.1 Å². The Balaban J connectivity index is 2.11. The Kier molecular flexibility index (Phi) is 4.97. The third-order valence-corrected chi connectivity index (χ3v) is 3.75. The van der Waals surface area contributed by atoms with E-state index < -0.39 is 0 Å². The van der Waals surface area contributed by atoms with Crippen LogP contribution >= 0.6 is 0 Å². The molecule has 2 aromatic rings. The zero-order valence-electron chi connectivity index (χ0n) is 12.3. The fraction of sp³-hybridized carbons (Fsp3) is 0.562. The maximum atomic E-state index is 4.69. The van der Waals surface area contributed by atoms with E-state index in [1.807, 2.05) is 11.7 Å². The van der Waals surface area contributed by atoms with Crippen molar-refractivity contribution in [2.24, 2.45) is 13.0 Å². The maximum Gasteiger partial charge on any atom is 0.0706 e. The largest absolute Gasteiger partial charge is 0.316 e. The lowest BCUT2D eigenvalue weighted by atomic mass is 9.98. The fourth-order valence-corrected chi connectivity index (χ4v) is 2.56. The minimum atomic E-state index is 0.671. The molecule has 104 valence electrons. The van der Waals surface area contributed by atoms with Crippen molar-refractivity contribution < 1.29 is 0 Å². The van der Waals surface area contributed by atoms with Gasteiger partial charge in [0.1, 0.15) is 0 Å². The van der Waals surface area contributed by atoms with Gasteiger partial charge in [0.2, 0.25) is 0 Å². The van der Waals surface area contributed by atoms with Crippen molar-refractivity contribution >= 4 is 10.9 Å². The average Bonchev–Trinajstić information content (AvgIpc) is 2.75. The van der Waals surface area contributed by atoms with Gasteiger partial charge in [-0.15, -0.1) is 0 Å². The van der Waals surface area contributed by atoms with Crippen LogP contribution in [0.25, 0.3) is 10.9 Å². The molecule has 0 aliphatic carbocycles. The Morgan fingerprint density at radius 3 is 2.79 bits per heavy atom. The van der Waals surface area contributed by atoms with Gasteiger partial charge >= 0.3 is 0 Å². The van der Waals surface area contributed by atoms with Crippen LogP contribution in [0.15, 0.2) is 24.3 Å². The van der Waals surface area contributed by atoms with Gasteiger partial charge in [-0.1, -0.05) is 38.5 Å². The second-order valence-electron chi connectivity index (χ2n) is 5.27. The predicted octanol–water partition coefficient (Wildman–Crippen LogP) is 3.14. The van der Waals surface area contributed by atoms with Gasteiger partial charge in [0.05, 0.1) is 11.2 Å². The van der Waals surface area contributed by atoms with Gasteiger partial charge in [0.15, 0.2) is 0 Å². The molecule has 1 N–H and O–H groups in total. The van der Waals surface area contributed by atoms with E-state index in [-0.39, 0.29) is 0 Å². The van der Waals surface area contributed by atoms with Crippen LogP contribution in [0.5, 0.6) is 0 Å². The Morgan fingerprint density at radius 2 is 2.05 bits per heavy atom. The molecule has 1 aromatic heterocycles. The highest BCUT2D eigenvalue weighted by atomic mass is 15.3. The summed E-state index contributed by atoms with van der Waals surface area (Å²) in [5, 5.41) is 9.53. The fourth-order valence-electron chi connectivity index (χ4n) is 2.56. The second-order valence-corrected chi connectivity index (χ2v) is 5.27. The highest BCUT2D eigenvalue weighted by molar-refractivity contribution is 5.81. The molecule has 3 heteroatoms. The van der Waals surface area contributed by atoms with E-state index in [4.69, 9.17) is 5.10 Å². The number of aryl methyl sites for hydroxylation is 1. The van der Waals surface area contributed by atoms with Crippen LogP contribution in [-0.4, -0.2) is 22.9 Å². The van der Waals surface area contributed by atoms with Crippen molar-refractivity contribution in [3.63, 3.8) is 0 Å². The van der Waals surface area contributed by atoms with Crippen molar-refractivity contribution in [3.05, 3.63) is 30.0 Å². The Bertz CT molecular complexity index is 516. The summed E-state index contributed by atoms with van der Waals surface area (Å²) in [5.41, 5.74) is 2.47. The van der Waals surface area contributed by atoms with E-state index >= 15 is 0 Å². The third kappa shape index (κ3) is 3.35. The van der Waals surface area contributed by atoms with Gasteiger partial charge in [0, 0.05) is 12.4 Å². The molecule has 0 aliphatic rings. The number of para-hydroxylation sites is 1. The highest BCUT2D eigenvalue weighted by Crippen LogP contribution is 2.21. The molecule has 1 heterocycles. The van der Waals surface area contributed by atoms with Crippen molar-refractivity contribution in [1.82, 2.24) is 15.1 Å². The summed E-state index contributed by atoms with van der Waals surface area (Å²) < 4.78 is 2.00. The molecule has 0 radical (unpaired) electrons. The van der Waals surface area contributed by atoms with Crippen LogP contribution in [0.3, 0.4) is 0 Å². The molecule has 0 amide bonds. The minimum Gasteiger partial charge on any atom is -0.316 e. The van der Waals surface area contributed by atoms with Gasteiger partial charge in [-0.05, 0) is 37.9 Å². The molecule has 0 aliphatic heterocycles. The molecule has 2 rings (SSSR count). The first-order valence-corrected chi connectivity index (χ1v) is 7.37. The Morgan fingerprint density at radius 1 is 1.26 bits per heavy atom. The normalized spacial score (nSPS) is 13.0. The second kappa shape index (κ2) is 6.71. The van der Waals surface area contributed by atoms with Crippen molar-refractivity contribution in [2.75, 3.05) is 13.1 Å². The van der Waals surface area contributed by atoms with Crippen molar-refractivity contribution in [3.8, 4) is 0 Å². The number of hydrogen-bond donors (Lipinski definition) is 1. The quantitative estimate of drug-likeness (QED) is 0.774. The molecule has 0 fully saturated rings. The van der Waals surface area contributed by atoms with E-state index in [0.29, 0.717) is 5.92 Å². The number of fused-ring (bicyclic) bond motifs is 1. The van der Waals surface area contributed by atoms with E-state index in [2.05, 4.69) is 43.4 Å². The third-order valence-electron chi connectivity index (χ3n) is 3.75. The molecule has 1 aromatic carbocycles. The van der Waals surface area contributed by atoms with Crippen LogP contribution in [0, 0.1) is 5.92 Å². The number of nitrogens with one attached hydrogen (secondary N) is 1. The number of aromatic nitrogens is 2. The lowest BCUT2D eigenvalue weighted by molar-refractivity contribution is 0.455. The van der Waals surface area contributed by atoms with Crippen molar-refractivity contribution in [1.29, 1.82) is 0 Å².